The van der Waals surface area contributed by atoms with Gasteiger partial charge >= 0.3 is 6.03 Å². The molecule has 1 saturated heterocycles. The van der Waals surface area contributed by atoms with Crippen LogP contribution in [-0.2, 0) is 36.3 Å². The lowest BCUT2D eigenvalue weighted by molar-refractivity contribution is -0.120. The molecule has 0 spiro atoms. The molecule has 0 unspecified atom stereocenters. The topological polar surface area (TPSA) is 88.9 Å². The van der Waals surface area contributed by atoms with E-state index in [1.807, 2.05) is 41.9 Å². The summed E-state index contributed by atoms with van der Waals surface area (Å²) >= 11 is 6.13. The Morgan fingerprint density at radius 2 is 1.86 bits per heavy atom. The lowest BCUT2D eigenvalue weighted by Crippen LogP contribution is -2.50. The highest BCUT2D eigenvalue weighted by molar-refractivity contribution is 6.31. The van der Waals surface area contributed by atoms with Gasteiger partial charge in [0, 0.05) is 51.3 Å². The number of hydrogen-bond donors (Lipinski definition) is 1. The number of halogens is 2. The summed E-state index contributed by atoms with van der Waals surface area (Å²) in [6, 6.07) is 18.3. The van der Waals surface area contributed by atoms with Gasteiger partial charge in [-0.1, -0.05) is 41.9 Å². The van der Waals surface area contributed by atoms with Crippen molar-refractivity contribution < 1.29 is 23.5 Å². The van der Waals surface area contributed by atoms with Crippen LogP contribution < -0.4 is 15.0 Å². The molecular formula is C32H31ClFN5O4. The van der Waals surface area contributed by atoms with Gasteiger partial charge in [0.2, 0.25) is 5.91 Å². The Labute approximate surface area is 253 Å². The van der Waals surface area contributed by atoms with Crippen LogP contribution in [0, 0.1) is 5.82 Å². The Morgan fingerprint density at radius 1 is 1.07 bits per heavy atom. The maximum atomic E-state index is 14.1. The number of carbonyl (C=O) groups excluding carboxylic acids is 2. The van der Waals surface area contributed by atoms with Crippen LogP contribution in [0.4, 0.5) is 15.0 Å². The molecule has 43 heavy (non-hydrogen) atoms. The maximum absolute atomic E-state index is 14.1. The third-order valence-electron chi connectivity index (χ3n) is 7.98. The number of fused-ring (bicyclic) bond motifs is 1. The van der Waals surface area contributed by atoms with Gasteiger partial charge in [-0.2, -0.15) is 0 Å². The molecule has 2 aliphatic heterocycles. The fourth-order valence-corrected chi connectivity index (χ4v) is 5.88. The summed E-state index contributed by atoms with van der Waals surface area (Å²) in [5.41, 5.74) is 4.79. The average molecular weight is 604 g/mol. The summed E-state index contributed by atoms with van der Waals surface area (Å²) < 4.78 is 27.4. The van der Waals surface area contributed by atoms with Gasteiger partial charge < -0.3 is 14.0 Å². The van der Waals surface area contributed by atoms with E-state index < -0.39 is 11.8 Å². The first-order valence-electron chi connectivity index (χ1n) is 14.0. The van der Waals surface area contributed by atoms with Crippen molar-refractivity contribution in [2.45, 2.75) is 32.2 Å². The van der Waals surface area contributed by atoms with Crippen LogP contribution in [0.1, 0.15) is 34.7 Å². The van der Waals surface area contributed by atoms with Gasteiger partial charge in [-0.15, -0.1) is 0 Å². The van der Waals surface area contributed by atoms with Crippen molar-refractivity contribution in [3.63, 3.8) is 0 Å². The second kappa shape index (κ2) is 12.2. The molecule has 1 aromatic heterocycles. The summed E-state index contributed by atoms with van der Waals surface area (Å²) in [6.07, 6.45) is 1.92. The molecular weight excluding hydrogens is 573 g/mol. The maximum Gasteiger partial charge on any atom is 0.329 e. The van der Waals surface area contributed by atoms with Gasteiger partial charge in [0.1, 0.15) is 29.8 Å². The number of nitrogens with zero attached hydrogens (tertiary/aromatic N) is 4. The minimum Gasteiger partial charge on any atom is -0.489 e. The van der Waals surface area contributed by atoms with E-state index in [2.05, 4.69) is 27.3 Å². The molecule has 3 heterocycles. The standard InChI is InChI=1S/C32H31ClFN5O4/c1-37-30(39-13-12-29(40)36-32(39)41)15-35-31(37)21-6-7-22-16-38(17-23(22)14-21)28(19-42-2)20-8-10-24(11-9-20)43-18-25-26(33)4-3-5-27(25)34/h3-11,14-15,28H,12-13,16-19H2,1-2H3,(H,36,40,41)/t28-/m1/s1. The smallest absolute Gasteiger partial charge is 0.329 e. The van der Waals surface area contributed by atoms with Crippen molar-refractivity contribution >= 4 is 29.4 Å². The van der Waals surface area contributed by atoms with Gasteiger partial charge in [0.05, 0.1) is 23.9 Å². The molecule has 0 radical (unpaired) electrons. The number of urea groups is 1. The third-order valence-corrected chi connectivity index (χ3v) is 8.33. The number of amides is 3. The molecule has 1 fully saturated rings. The van der Waals surface area contributed by atoms with Gasteiger partial charge in [-0.25, -0.2) is 14.2 Å². The summed E-state index contributed by atoms with van der Waals surface area (Å²) in [4.78, 5) is 32.5. The number of carbonyl (C=O) groups is 2. The summed E-state index contributed by atoms with van der Waals surface area (Å²) in [7, 11) is 3.56. The first-order chi connectivity index (χ1) is 20.8. The predicted molar refractivity (Wildman–Crippen MR) is 160 cm³/mol. The Kier molecular flexibility index (Phi) is 8.16. The van der Waals surface area contributed by atoms with Crippen molar-refractivity contribution in [1.29, 1.82) is 0 Å². The molecule has 9 nitrogen and oxygen atoms in total. The zero-order valence-electron chi connectivity index (χ0n) is 23.8. The lowest BCUT2D eigenvalue weighted by Gasteiger charge is -2.27. The molecule has 0 saturated carbocycles. The van der Waals surface area contributed by atoms with Crippen molar-refractivity contribution in [3.05, 3.63) is 100.0 Å². The molecule has 4 aromatic rings. The van der Waals surface area contributed by atoms with Gasteiger partial charge in [-0.3, -0.25) is 19.9 Å². The van der Waals surface area contributed by atoms with Crippen LogP contribution in [0.15, 0.2) is 66.9 Å². The monoisotopic (exact) mass is 603 g/mol. The minimum atomic E-state index is -0.436. The number of hydrogen-bond acceptors (Lipinski definition) is 6. The van der Waals surface area contributed by atoms with Crippen LogP contribution in [-0.4, -0.2) is 46.7 Å². The summed E-state index contributed by atoms with van der Waals surface area (Å²) in [6.45, 7) is 2.36. The largest absolute Gasteiger partial charge is 0.489 e. The highest BCUT2D eigenvalue weighted by Gasteiger charge is 2.29. The van der Waals surface area contributed by atoms with E-state index in [-0.39, 0.29) is 25.0 Å². The van der Waals surface area contributed by atoms with Crippen LogP contribution >= 0.6 is 11.6 Å². The van der Waals surface area contributed by atoms with Crippen LogP contribution in [0.3, 0.4) is 0 Å². The highest BCUT2D eigenvalue weighted by Crippen LogP contribution is 2.35. The molecule has 3 amide bonds. The average Bonchev–Trinajstić information content (AvgIpc) is 3.59. The van der Waals surface area contributed by atoms with Crippen LogP contribution in [0.2, 0.25) is 5.02 Å². The SMILES string of the molecule is COC[C@H](c1ccc(OCc2c(F)cccc2Cl)cc1)N1Cc2ccc(-c3ncc(N4CCC(=O)NC4=O)n3C)cc2C1. The second-order valence-corrected chi connectivity index (χ2v) is 11.1. The number of imide groups is 1. The fraction of sp³-hybridized carbons (Fsp3) is 0.281. The zero-order valence-corrected chi connectivity index (χ0v) is 24.6. The lowest BCUT2D eigenvalue weighted by atomic mass is 10.1. The van der Waals surface area contributed by atoms with Crippen molar-refractivity contribution in [2.75, 3.05) is 25.2 Å². The van der Waals surface area contributed by atoms with E-state index in [0.717, 1.165) is 30.0 Å². The van der Waals surface area contributed by atoms with Crippen molar-refractivity contribution in [2.24, 2.45) is 7.05 Å². The molecule has 3 aromatic carbocycles. The molecule has 2 aliphatic rings. The van der Waals surface area contributed by atoms with Crippen molar-refractivity contribution in [1.82, 2.24) is 19.8 Å². The number of nitrogens with one attached hydrogen (secondary N) is 1. The summed E-state index contributed by atoms with van der Waals surface area (Å²) in [5.74, 6) is 1.33. The van der Waals surface area contributed by atoms with E-state index in [1.54, 1.807) is 25.4 Å². The molecule has 6 rings (SSSR count). The van der Waals surface area contributed by atoms with E-state index in [9.17, 15) is 14.0 Å². The third kappa shape index (κ3) is 5.86. The van der Waals surface area contributed by atoms with E-state index in [0.29, 0.717) is 35.3 Å². The first kappa shape index (κ1) is 28.9. The minimum absolute atomic E-state index is 0.0102. The Hall–Kier alpha value is -4.25. The number of rotatable bonds is 9. The van der Waals surface area contributed by atoms with Gasteiger partial charge in [0.15, 0.2) is 0 Å². The van der Waals surface area contributed by atoms with Gasteiger partial charge in [-0.05, 0) is 47.0 Å². The molecule has 11 heteroatoms. The molecule has 0 aliphatic carbocycles. The zero-order chi connectivity index (χ0) is 30.1. The van der Waals surface area contributed by atoms with Crippen molar-refractivity contribution in [3.8, 4) is 17.1 Å². The number of benzene rings is 3. The fourth-order valence-electron chi connectivity index (χ4n) is 5.66. The van der Waals surface area contributed by atoms with Crippen LogP contribution in [0.5, 0.6) is 5.75 Å². The molecule has 222 valence electrons. The molecule has 0 bridgehead atoms. The normalized spacial score (nSPS) is 15.9. The highest BCUT2D eigenvalue weighted by atomic mass is 35.5. The quantitative estimate of drug-likeness (QED) is 0.268. The number of imidazole rings is 1. The Balaban J connectivity index is 1.16. The number of aromatic nitrogens is 2. The predicted octanol–water partition coefficient (Wildman–Crippen LogP) is 5.61. The Morgan fingerprint density at radius 3 is 2.60 bits per heavy atom. The van der Waals surface area contributed by atoms with Crippen LogP contribution in [0.25, 0.3) is 11.4 Å². The number of methoxy groups -OCH3 is 1. The first-order valence-corrected chi connectivity index (χ1v) is 14.3. The molecule has 1 atom stereocenters. The van der Waals surface area contributed by atoms with E-state index in [4.69, 9.17) is 21.1 Å². The van der Waals surface area contributed by atoms with E-state index in [1.165, 1.54) is 22.1 Å². The molecule has 1 N–H and O–H groups in total. The summed E-state index contributed by atoms with van der Waals surface area (Å²) in [5, 5.41) is 2.70. The second-order valence-electron chi connectivity index (χ2n) is 10.7. The number of ether oxygens (including phenoxy) is 2. The number of anilines is 1. The van der Waals surface area contributed by atoms with Gasteiger partial charge in [0.25, 0.3) is 0 Å². The van der Waals surface area contributed by atoms with E-state index >= 15 is 0 Å². The Bertz CT molecular complexity index is 1650.